The van der Waals surface area contributed by atoms with Crippen molar-refractivity contribution in [3.63, 3.8) is 0 Å². The summed E-state index contributed by atoms with van der Waals surface area (Å²) in [6.45, 7) is 12.5. The van der Waals surface area contributed by atoms with E-state index in [0.29, 0.717) is 65.4 Å². The maximum Gasteiger partial charge on any atom is 0.252 e. The number of methoxy groups -OCH3 is 1. The number of nitrogens with one attached hydrogen (secondary N) is 2. The van der Waals surface area contributed by atoms with E-state index in [9.17, 15) is 19.2 Å². The maximum atomic E-state index is 12.6. The normalized spacial score (nSPS) is 20.1. The van der Waals surface area contributed by atoms with Gasteiger partial charge in [0.1, 0.15) is 5.60 Å². The van der Waals surface area contributed by atoms with Crippen LogP contribution in [-0.4, -0.2) is 110 Å². The van der Waals surface area contributed by atoms with Crippen LogP contribution in [-0.2, 0) is 38.1 Å². The highest BCUT2D eigenvalue weighted by molar-refractivity contribution is 8.01. The van der Waals surface area contributed by atoms with Crippen molar-refractivity contribution < 1.29 is 38.1 Å². The minimum absolute atomic E-state index is 0.141. The monoisotopic (exact) mass is 599 g/mol. The zero-order valence-corrected chi connectivity index (χ0v) is 26.4. The Balaban J connectivity index is 1.44. The molecule has 12 heteroatoms. The molecule has 0 spiro atoms. The van der Waals surface area contributed by atoms with Gasteiger partial charge in [-0.2, -0.15) is 0 Å². The molecule has 0 bridgehead atoms. The fourth-order valence-electron chi connectivity index (χ4n) is 3.95. The Kier molecular flexibility index (Phi) is 14.8. The summed E-state index contributed by atoms with van der Waals surface area (Å²) in [7, 11) is 1.66. The lowest BCUT2D eigenvalue weighted by Gasteiger charge is -2.30. The van der Waals surface area contributed by atoms with Crippen molar-refractivity contribution in [3.8, 4) is 0 Å². The van der Waals surface area contributed by atoms with Crippen LogP contribution in [0.5, 0.6) is 0 Å². The average molecular weight is 600 g/mol. The zero-order chi connectivity index (χ0) is 30.5. The van der Waals surface area contributed by atoms with Gasteiger partial charge < -0.3 is 29.6 Å². The number of hydrogen-bond donors (Lipinski definition) is 2. The summed E-state index contributed by atoms with van der Waals surface area (Å²) in [4.78, 5) is 50.6. The highest BCUT2D eigenvalue weighted by atomic mass is 32.2. The van der Waals surface area contributed by atoms with E-state index in [2.05, 4.69) is 16.7 Å². The van der Waals surface area contributed by atoms with Gasteiger partial charge in [0.15, 0.2) is 0 Å². The van der Waals surface area contributed by atoms with Gasteiger partial charge in [0, 0.05) is 44.8 Å². The predicted octanol–water partition coefficient (Wildman–Crippen LogP) is 2.22. The Morgan fingerprint density at radius 1 is 1.05 bits per heavy atom. The minimum Gasteiger partial charge on any atom is -0.379 e. The molecule has 2 N–H and O–H groups in total. The summed E-state index contributed by atoms with van der Waals surface area (Å²) in [6.07, 6.45) is 4.22. The van der Waals surface area contributed by atoms with E-state index in [1.807, 2.05) is 27.7 Å². The molecule has 1 aliphatic carbocycles. The second-order valence-corrected chi connectivity index (χ2v) is 12.5. The zero-order valence-electron chi connectivity index (χ0n) is 25.5. The number of carbonyl (C=O) groups excluding carboxylic acids is 4. The van der Waals surface area contributed by atoms with Crippen LogP contribution in [0.2, 0.25) is 0 Å². The second-order valence-electron chi connectivity index (χ2n) is 11.1. The van der Waals surface area contributed by atoms with Crippen molar-refractivity contribution in [2.45, 2.75) is 88.4 Å². The molecule has 1 aliphatic heterocycles. The molecular weight excluding hydrogens is 550 g/mol. The van der Waals surface area contributed by atoms with Crippen LogP contribution in [0.15, 0.2) is 11.6 Å². The van der Waals surface area contributed by atoms with Gasteiger partial charge in [0.25, 0.3) is 5.91 Å². The lowest BCUT2D eigenvalue weighted by Crippen LogP contribution is -2.47. The number of hydrogen-bond acceptors (Lipinski definition) is 9. The standard InChI is InChI=1S/C29H49N3O8S/c1-7-29(5,40-14-10-28(3,4)37-6)27(36)31-12-16-39-18-17-38-15-11-30-24(33)9-8-13-32-25(34)20-23(26(32)35)41-22-19-21(22)2/h19,22-23H,7-18,20H2,1-6H3,(H,30,33)(H,31,36). The summed E-state index contributed by atoms with van der Waals surface area (Å²) in [5.74, 6) is -0.615. The van der Waals surface area contributed by atoms with Gasteiger partial charge in [-0.1, -0.05) is 18.6 Å². The van der Waals surface area contributed by atoms with Crippen molar-refractivity contribution in [1.29, 1.82) is 0 Å². The molecule has 1 fully saturated rings. The van der Waals surface area contributed by atoms with Crippen LogP contribution in [0.1, 0.15) is 66.7 Å². The van der Waals surface area contributed by atoms with Crippen molar-refractivity contribution in [1.82, 2.24) is 15.5 Å². The lowest BCUT2D eigenvalue weighted by atomic mass is 10.0. The minimum atomic E-state index is -0.907. The smallest absolute Gasteiger partial charge is 0.252 e. The molecule has 0 aromatic carbocycles. The Bertz CT molecular complexity index is 928. The molecule has 2 rings (SSSR count). The van der Waals surface area contributed by atoms with Crippen molar-refractivity contribution >= 4 is 35.4 Å². The van der Waals surface area contributed by atoms with Gasteiger partial charge in [-0.15, -0.1) is 11.8 Å². The summed E-state index contributed by atoms with van der Waals surface area (Å²) in [5.41, 5.74) is 0.0412. The first-order valence-electron chi connectivity index (χ1n) is 14.5. The molecule has 1 saturated heterocycles. The number of thioether (sulfide) groups is 1. The van der Waals surface area contributed by atoms with Gasteiger partial charge in [-0.05, 0) is 47.0 Å². The van der Waals surface area contributed by atoms with Gasteiger partial charge in [-0.3, -0.25) is 24.1 Å². The van der Waals surface area contributed by atoms with Gasteiger partial charge >= 0.3 is 0 Å². The van der Waals surface area contributed by atoms with Gasteiger partial charge in [0.05, 0.1) is 43.9 Å². The molecule has 2 aliphatic rings. The van der Waals surface area contributed by atoms with Crippen LogP contribution >= 0.6 is 11.8 Å². The number of ether oxygens (including phenoxy) is 4. The molecule has 0 aromatic rings. The highest BCUT2D eigenvalue weighted by Gasteiger charge is 2.41. The van der Waals surface area contributed by atoms with Crippen molar-refractivity contribution in [3.05, 3.63) is 11.6 Å². The third kappa shape index (κ3) is 12.4. The molecule has 11 nitrogen and oxygen atoms in total. The van der Waals surface area contributed by atoms with Gasteiger partial charge in [0.2, 0.25) is 17.7 Å². The molecule has 3 unspecified atom stereocenters. The number of carbonyl (C=O) groups is 4. The first-order valence-corrected chi connectivity index (χ1v) is 15.4. The van der Waals surface area contributed by atoms with E-state index in [1.54, 1.807) is 14.0 Å². The predicted molar refractivity (Wildman–Crippen MR) is 158 cm³/mol. The molecule has 4 amide bonds. The van der Waals surface area contributed by atoms with Crippen LogP contribution in [0, 0.1) is 0 Å². The van der Waals surface area contributed by atoms with Crippen molar-refractivity contribution in [2.75, 3.05) is 59.8 Å². The number of nitrogens with zero attached hydrogens (tertiary/aromatic N) is 1. The lowest BCUT2D eigenvalue weighted by molar-refractivity contribution is -0.148. The Morgan fingerprint density at radius 2 is 1.68 bits per heavy atom. The average Bonchev–Trinajstić information content (AvgIpc) is 3.57. The van der Waals surface area contributed by atoms with E-state index in [0.717, 1.165) is 0 Å². The first kappa shape index (κ1) is 35.2. The van der Waals surface area contributed by atoms with Crippen LogP contribution < -0.4 is 10.6 Å². The number of rotatable bonds is 22. The van der Waals surface area contributed by atoms with E-state index >= 15 is 0 Å². The summed E-state index contributed by atoms with van der Waals surface area (Å²) >= 11 is 1.53. The number of imide groups is 1. The molecule has 0 aromatic heterocycles. The quantitative estimate of drug-likeness (QED) is 0.109. The first-order chi connectivity index (χ1) is 19.4. The Labute approximate surface area is 248 Å². The molecule has 0 radical (unpaired) electrons. The fourth-order valence-corrected chi connectivity index (χ4v) is 5.30. The second kappa shape index (κ2) is 17.2. The van der Waals surface area contributed by atoms with E-state index in [1.165, 1.54) is 22.2 Å². The number of likely N-dealkylation sites (tertiary alicyclic amines) is 1. The maximum absolute atomic E-state index is 12.6. The Hall–Kier alpha value is -1.99. The molecule has 1 heterocycles. The van der Waals surface area contributed by atoms with Crippen LogP contribution in [0.25, 0.3) is 0 Å². The van der Waals surface area contributed by atoms with Gasteiger partial charge in [-0.25, -0.2) is 0 Å². The van der Waals surface area contributed by atoms with Crippen LogP contribution in [0.4, 0.5) is 0 Å². The largest absolute Gasteiger partial charge is 0.379 e. The topological polar surface area (TPSA) is 132 Å². The van der Waals surface area contributed by atoms with E-state index in [4.69, 9.17) is 18.9 Å². The summed E-state index contributed by atoms with van der Waals surface area (Å²) in [6, 6.07) is 0. The summed E-state index contributed by atoms with van der Waals surface area (Å²) < 4.78 is 22.3. The Morgan fingerprint density at radius 3 is 2.27 bits per heavy atom. The van der Waals surface area contributed by atoms with Crippen LogP contribution in [0.3, 0.4) is 0 Å². The molecule has 0 saturated carbocycles. The fraction of sp³-hybridized carbons (Fsp3) is 0.793. The van der Waals surface area contributed by atoms with E-state index in [-0.39, 0.29) is 59.1 Å². The third-order valence-electron chi connectivity index (χ3n) is 7.36. The number of amides is 4. The third-order valence-corrected chi connectivity index (χ3v) is 8.86. The molecule has 3 atom stereocenters. The SMILES string of the molecule is CCC(C)(OCCC(C)(C)OC)C(=O)NCCOCCOCCNC(=O)CCCN1C(=O)CC(SC2C=C2C)C1=O. The van der Waals surface area contributed by atoms with E-state index < -0.39 is 5.60 Å². The summed E-state index contributed by atoms with van der Waals surface area (Å²) in [5, 5.41) is 5.62. The molecular formula is C29H49N3O8S. The molecule has 234 valence electrons. The molecule has 41 heavy (non-hydrogen) atoms. The van der Waals surface area contributed by atoms with Crippen molar-refractivity contribution in [2.24, 2.45) is 0 Å². The highest BCUT2D eigenvalue weighted by Crippen LogP contribution is 2.39.